The van der Waals surface area contributed by atoms with Crippen LogP contribution >= 0.6 is 0 Å². The molecule has 8 heteroatoms. The Balaban J connectivity index is 1.10. The lowest BCUT2D eigenvalue weighted by Gasteiger charge is -2.24. The van der Waals surface area contributed by atoms with Gasteiger partial charge in [0.25, 0.3) is 11.8 Å². The highest BCUT2D eigenvalue weighted by atomic mass is 16.4. The molecule has 0 unspecified atom stereocenters. The van der Waals surface area contributed by atoms with Crippen molar-refractivity contribution in [3.8, 4) is 22.9 Å². The Morgan fingerprint density at radius 1 is 0.703 bits per heavy atom. The molecule has 1 aliphatic heterocycles. The van der Waals surface area contributed by atoms with Crippen molar-refractivity contribution in [3.63, 3.8) is 0 Å². The minimum atomic E-state index is -0.276. The number of amides is 2. The lowest BCUT2D eigenvalue weighted by atomic mass is 9.93. The second-order valence-corrected chi connectivity index (χ2v) is 8.77. The van der Waals surface area contributed by atoms with Crippen LogP contribution in [0.15, 0.2) is 89.3 Å². The third kappa shape index (κ3) is 4.08. The molecule has 8 nitrogen and oxygen atoms in total. The van der Waals surface area contributed by atoms with Crippen LogP contribution in [0.5, 0.6) is 0 Å². The number of rotatable bonds is 7. The lowest BCUT2D eigenvalue weighted by Crippen LogP contribution is -2.36. The van der Waals surface area contributed by atoms with Crippen molar-refractivity contribution in [2.45, 2.75) is 0 Å². The number of benzene rings is 4. The first-order valence-electron chi connectivity index (χ1n) is 12.0. The molecule has 0 atom stereocenters. The van der Waals surface area contributed by atoms with Crippen molar-refractivity contribution >= 4 is 34.0 Å². The standard InChI is InChI=1S/C29H23N5O3/c1-34-28(35)22-9-5-8-21-24(15-14-23(25(21)22)29(34)36)31-17-16-30-20-12-10-19(11-13-20)27-33-32-26(37-27)18-6-3-2-4-7-18/h2-15,30-31H,16-17H2,1H3. The molecule has 0 radical (unpaired) electrons. The van der Waals surface area contributed by atoms with Crippen molar-refractivity contribution < 1.29 is 14.0 Å². The number of hydrogen-bond acceptors (Lipinski definition) is 7. The van der Waals surface area contributed by atoms with E-state index >= 15 is 0 Å². The Kier molecular flexibility index (Phi) is 5.61. The molecule has 0 saturated heterocycles. The van der Waals surface area contributed by atoms with Gasteiger partial charge < -0.3 is 15.1 Å². The molecule has 0 saturated carbocycles. The summed E-state index contributed by atoms with van der Waals surface area (Å²) in [5, 5.41) is 16.7. The van der Waals surface area contributed by atoms with Crippen molar-refractivity contribution in [1.82, 2.24) is 15.1 Å². The fraction of sp³-hybridized carbons (Fsp3) is 0.103. The van der Waals surface area contributed by atoms with Gasteiger partial charge in [0.15, 0.2) is 0 Å². The minimum absolute atomic E-state index is 0.276. The molecular weight excluding hydrogens is 466 g/mol. The molecule has 2 N–H and O–H groups in total. The number of carbonyl (C=O) groups excluding carboxylic acids is 2. The second kappa shape index (κ2) is 9.23. The van der Waals surface area contributed by atoms with Crippen LogP contribution in [0.4, 0.5) is 11.4 Å². The molecule has 37 heavy (non-hydrogen) atoms. The monoisotopic (exact) mass is 489 g/mol. The van der Waals surface area contributed by atoms with Gasteiger partial charge in [0.2, 0.25) is 11.8 Å². The van der Waals surface area contributed by atoms with Gasteiger partial charge in [-0.25, -0.2) is 0 Å². The summed E-state index contributed by atoms with van der Waals surface area (Å²) in [5.74, 6) is 0.408. The topological polar surface area (TPSA) is 100 Å². The van der Waals surface area contributed by atoms with E-state index in [0.29, 0.717) is 41.4 Å². The summed E-state index contributed by atoms with van der Waals surface area (Å²) < 4.78 is 5.83. The normalized spacial score (nSPS) is 12.7. The molecule has 1 aliphatic rings. The summed E-state index contributed by atoms with van der Waals surface area (Å²) in [7, 11) is 1.51. The van der Waals surface area contributed by atoms with Crippen LogP contribution in [0.1, 0.15) is 20.7 Å². The van der Waals surface area contributed by atoms with Gasteiger partial charge in [-0.05, 0) is 54.6 Å². The van der Waals surface area contributed by atoms with Crippen LogP contribution in [0.3, 0.4) is 0 Å². The largest absolute Gasteiger partial charge is 0.416 e. The molecule has 5 aromatic rings. The van der Waals surface area contributed by atoms with Gasteiger partial charge >= 0.3 is 0 Å². The van der Waals surface area contributed by atoms with E-state index in [1.165, 1.54) is 11.9 Å². The highest BCUT2D eigenvalue weighted by Crippen LogP contribution is 2.34. The van der Waals surface area contributed by atoms with E-state index in [9.17, 15) is 9.59 Å². The van der Waals surface area contributed by atoms with E-state index in [2.05, 4.69) is 20.8 Å². The van der Waals surface area contributed by atoms with E-state index in [1.54, 1.807) is 12.1 Å². The molecule has 182 valence electrons. The highest BCUT2D eigenvalue weighted by molar-refractivity contribution is 6.26. The molecule has 2 heterocycles. The van der Waals surface area contributed by atoms with E-state index in [-0.39, 0.29) is 11.8 Å². The summed E-state index contributed by atoms with van der Waals surface area (Å²) in [5.41, 5.74) is 4.67. The number of imide groups is 1. The zero-order chi connectivity index (χ0) is 25.4. The Morgan fingerprint density at radius 3 is 2.08 bits per heavy atom. The first kappa shape index (κ1) is 22.5. The summed E-state index contributed by atoms with van der Waals surface area (Å²) in [6.45, 7) is 1.31. The van der Waals surface area contributed by atoms with Gasteiger partial charge in [0.05, 0.1) is 0 Å². The maximum Gasteiger partial charge on any atom is 0.261 e. The molecule has 1 aromatic heterocycles. The third-order valence-corrected chi connectivity index (χ3v) is 6.46. The SMILES string of the molecule is CN1C(=O)c2cccc3c(NCCNc4ccc(-c5nnc(-c6ccccc6)o5)cc4)ccc(c23)C1=O. The Morgan fingerprint density at radius 2 is 1.35 bits per heavy atom. The fourth-order valence-electron chi connectivity index (χ4n) is 4.54. The van der Waals surface area contributed by atoms with Gasteiger partial charge in [-0.15, -0.1) is 10.2 Å². The van der Waals surface area contributed by atoms with E-state index < -0.39 is 0 Å². The first-order chi connectivity index (χ1) is 18.1. The van der Waals surface area contributed by atoms with Gasteiger partial charge in [0, 0.05) is 64.5 Å². The average molecular weight is 490 g/mol. The number of nitrogens with zero attached hydrogens (tertiary/aromatic N) is 3. The lowest BCUT2D eigenvalue weighted by molar-refractivity contribution is 0.0650. The predicted octanol–water partition coefficient (Wildman–Crippen LogP) is 5.31. The summed E-state index contributed by atoms with van der Waals surface area (Å²) in [4.78, 5) is 26.3. The maximum absolute atomic E-state index is 12.6. The van der Waals surface area contributed by atoms with Crippen molar-refractivity contribution in [2.24, 2.45) is 0 Å². The van der Waals surface area contributed by atoms with Gasteiger partial charge in [-0.3, -0.25) is 14.5 Å². The maximum atomic E-state index is 12.6. The average Bonchev–Trinajstić information content (AvgIpc) is 3.44. The molecule has 0 fully saturated rings. The molecule has 6 rings (SSSR count). The summed E-state index contributed by atoms with van der Waals surface area (Å²) >= 11 is 0. The van der Waals surface area contributed by atoms with Crippen molar-refractivity contribution in [2.75, 3.05) is 30.8 Å². The molecule has 0 bridgehead atoms. The van der Waals surface area contributed by atoms with E-state index in [0.717, 1.165) is 27.9 Å². The second-order valence-electron chi connectivity index (χ2n) is 8.77. The molecule has 0 spiro atoms. The number of anilines is 2. The van der Waals surface area contributed by atoms with Crippen LogP contribution in [-0.2, 0) is 0 Å². The number of hydrogen-bond donors (Lipinski definition) is 2. The smallest absolute Gasteiger partial charge is 0.261 e. The molecule has 0 aliphatic carbocycles. The number of nitrogens with one attached hydrogen (secondary N) is 2. The van der Waals surface area contributed by atoms with Crippen molar-refractivity contribution in [3.05, 3.63) is 96.1 Å². The number of aromatic nitrogens is 2. The first-order valence-corrected chi connectivity index (χ1v) is 12.0. The van der Waals surface area contributed by atoms with E-state index in [1.807, 2.05) is 72.8 Å². The van der Waals surface area contributed by atoms with Crippen LogP contribution in [0, 0.1) is 0 Å². The van der Waals surface area contributed by atoms with Gasteiger partial charge in [-0.1, -0.05) is 30.3 Å². The van der Waals surface area contributed by atoms with Crippen LogP contribution in [-0.4, -0.2) is 47.0 Å². The Hall–Kier alpha value is -4.98. The van der Waals surface area contributed by atoms with Gasteiger partial charge in [0.1, 0.15) is 0 Å². The fourth-order valence-corrected chi connectivity index (χ4v) is 4.54. The van der Waals surface area contributed by atoms with Crippen LogP contribution in [0.25, 0.3) is 33.7 Å². The van der Waals surface area contributed by atoms with Crippen LogP contribution in [0.2, 0.25) is 0 Å². The quantitative estimate of drug-likeness (QED) is 0.236. The zero-order valence-corrected chi connectivity index (χ0v) is 20.1. The van der Waals surface area contributed by atoms with Gasteiger partial charge in [-0.2, -0.15) is 0 Å². The predicted molar refractivity (Wildman–Crippen MR) is 143 cm³/mol. The summed E-state index contributed by atoms with van der Waals surface area (Å²) in [6.07, 6.45) is 0. The number of carbonyl (C=O) groups is 2. The van der Waals surface area contributed by atoms with Crippen LogP contribution < -0.4 is 10.6 Å². The minimum Gasteiger partial charge on any atom is -0.416 e. The molecular formula is C29H23N5O3. The highest BCUT2D eigenvalue weighted by Gasteiger charge is 2.30. The Bertz CT molecular complexity index is 1610. The van der Waals surface area contributed by atoms with E-state index in [4.69, 9.17) is 4.42 Å². The summed E-state index contributed by atoms with van der Waals surface area (Å²) in [6, 6.07) is 26.7. The Labute approximate surface area is 212 Å². The third-order valence-electron chi connectivity index (χ3n) is 6.46. The van der Waals surface area contributed by atoms with Crippen molar-refractivity contribution in [1.29, 1.82) is 0 Å². The molecule has 4 aromatic carbocycles. The zero-order valence-electron chi connectivity index (χ0n) is 20.1. The molecule has 2 amide bonds.